The van der Waals surface area contributed by atoms with E-state index in [9.17, 15) is 0 Å². The van der Waals surface area contributed by atoms with Crippen LogP contribution in [0.4, 0.5) is 0 Å². The molecule has 2 rings (SSSR count). The highest BCUT2D eigenvalue weighted by atomic mass is 16.5. The lowest BCUT2D eigenvalue weighted by Crippen LogP contribution is -2.50. The number of rotatable bonds is 6. The highest BCUT2D eigenvalue weighted by Gasteiger charge is 2.31. The Morgan fingerprint density at radius 1 is 1.33 bits per heavy atom. The Balaban J connectivity index is 1.82. The van der Waals surface area contributed by atoms with Gasteiger partial charge in [-0.3, -0.25) is 0 Å². The van der Waals surface area contributed by atoms with E-state index in [0.717, 1.165) is 38.2 Å². The third kappa shape index (κ3) is 3.47. The normalized spacial score (nSPS) is 22.3. The molecule has 0 bridgehead atoms. The standard InChI is InChI=1S/C15H23NO2/c1-2-3-9-17-10-8-15(16)11-13-6-4-5-7-14(13)18-12-15/h4-7H,2-3,8-12,16H2,1H3. The molecule has 1 atom stereocenters. The predicted molar refractivity (Wildman–Crippen MR) is 72.9 cm³/mol. The molecule has 1 unspecified atom stereocenters. The van der Waals surface area contributed by atoms with Gasteiger partial charge in [0.2, 0.25) is 0 Å². The van der Waals surface area contributed by atoms with Gasteiger partial charge in [0.1, 0.15) is 12.4 Å². The van der Waals surface area contributed by atoms with Crippen molar-refractivity contribution in [3.8, 4) is 5.75 Å². The van der Waals surface area contributed by atoms with Crippen LogP contribution < -0.4 is 10.5 Å². The quantitative estimate of drug-likeness (QED) is 0.788. The molecule has 100 valence electrons. The van der Waals surface area contributed by atoms with E-state index in [1.54, 1.807) is 0 Å². The van der Waals surface area contributed by atoms with Crippen molar-refractivity contribution in [2.24, 2.45) is 5.73 Å². The second-order valence-electron chi connectivity index (χ2n) is 5.15. The van der Waals surface area contributed by atoms with Gasteiger partial charge in [-0.25, -0.2) is 0 Å². The summed E-state index contributed by atoms with van der Waals surface area (Å²) in [4.78, 5) is 0. The second-order valence-corrected chi connectivity index (χ2v) is 5.15. The number of nitrogens with two attached hydrogens (primary N) is 1. The zero-order valence-corrected chi connectivity index (χ0v) is 11.2. The van der Waals surface area contributed by atoms with Crippen LogP contribution in [0.25, 0.3) is 0 Å². The van der Waals surface area contributed by atoms with Gasteiger partial charge in [-0.2, -0.15) is 0 Å². The predicted octanol–water partition coefficient (Wildman–Crippen LogP) is 2.53. The lowest BCUT2D eigenvalue weighted by Gasteiger charge is -2.34. The van der Waals surface area contributed by atoms with Crippen LogP contribution >= 0.6 is 0 Å². The molecule has 1 aromatic carbocycles. The molecule has 1 aliphatic heterocycles. The van der Waals surface area contributed by atoms with Crippen molar-refractivity contribution < 1.29 is 9.47 Å². The molecule has 0 saturated heterocycles. The molecule has 0 amide bonds. The molecule has 3 heteroatoms. The maximum absolute atomic E-state index is 6.38. The fourth-order valence-electron chi connectivity index (χ4n) is 2.23. The number of fused-ring (bicyclic) bond motifs is 1. The van der Waals surface area contributed by atoms with E-state index in [2.05, 4.69) is 13.0 Å². The molecule has 3 nitrogen and oxygen atoms in total. The molecule has 0 spiro atoms. The Hall–Kier alpha value is -1.06. The van der Waals surface area contributed by atoms with Crippen molar-refractivity contribution in [3.05, 3.63) is 29.8 Å². The monoisotopic (exact) mass is 249 g/mol. The summed E-state index contributed by atoms with van der Waals surface area (Å²) in [6.07, 6.45) is 4.02. The Labute approximate surface area is 109 Å². The van der Waals surface area contributed by atoms with Crippen LogP contribution in [-0.2, 0) is 11.2 Å². The van der Waals surface area contributed by atoms with Gasteiger partial charge in [0, 0.05) is 13.2 Å². The van der Waals surface area contributed by atoms with Gasteiger partial charge in [0.15, 0.2) is 0 Å². The fourth-order valence-corrected chi connectivity index (χ4v) is 2.23. The number of para-hydroxylation sites is 1. The molecule has 0 radical (unpaired) electrons. The minimum absolute atomic E-state index is 0.277. The van der Waals surface area contributed by atoms with Gasteiger partial charge >= 0.3 is 0 Å². The van der Waals surface area contributed by atoms with Crippen molar-refractivity contribution >= 4 is 0 Å². The van der Waals surface area contributed by atoms with Crippen molar-refractivity contribution in [3.63, 3.8) is 0 Å². The summed E-state index contributed by atoms with van der Waals surface area (Å²) in [6, 6.07) is 8.13. The molecule has 0 fully saturated rings. The Morgan fingerprint density at radius 2 is 2.17 bits per heavy atom. The van der Waals surface area contributed by atoms with Crippen molar-refractivity contribution in [1.29, 1.82) is 0 Å². The maximum atomic E-state index is 6.38. The van der Waals surface area contributed by atoms with Gasteiger partial charge in [-0.1, -0.05) is 31.5 Å². The molecular formula is C15H23NO2. The molecule has 0 aliphatic carbocycles. The van der Waals surface area contributed by atoms with Gasteiger partial charge in [-0.15, -0.1) is 0 Å². The lowest BCUT2D eigenvalue weighted by molar-refractivity contribution is 0.0917. The molecular weight excluding hydrogens is 226 g/mol. The molecule has 2 N–H and O–H groups in total. The number of hydrogen-bond acceptors (Lipinski definition) is 3. The largest absolute Gasteiger partial charge is 0.491 e. The molecule has 18 heavy (non-hydrogen) atoms. The van der Waals surface area contributed by atoms with Gasteiger partial charge in [-0.05, 0) is 30.9 Å². The molecule has 1 aromatic rings. The summed E-state index contributed by atoms with van der Waals surface area (Å²) in [7, 11) is 0. The van der Waals surface area contributed by atoms with Crippen LogP contribution in [0.15, 0.2) is 24.3 Å². The first-order valence-electron chi connectivity index (χ1n) is 6.81. The first kappa shape index (κ1) is 13.4. The summed E-state index contributed by atoms with van der Waals surface area (Å²) in [5.74, 6) is 0.977. The number of hydrogen-bond donors (Lipinski definition) is 1. The average Bonchev–Trinajstić information content (AvgIpc) is 2.38. The topological polar surface area (TPSA) is 44.5 Å². The van der Waals surface area contributed by atoms with E-state index in [1.807, 2.05) is 18.2 Å². The molecule has 0 aromatic heterocycles. The minimum atomic E-state index is -0.277. The van der Waals surface area contributed by atoms with E-state index < -0.39 is 0 Å². The third-order valence-electron chi connectivity index (χ3n) is 3.42. The van der Waals surface area contributed by atoms with Crippen LogP contribution in [0.5, 0.6) is 5.75 Å². The van der Waals surface area contributed by atoms with Crippen LogP contribution in [0.3, 0.4) is 0 Å². The van der Waals surface area contributed by atoms with Crippen molar-refractivity contribution in [2.75, 3.05) is 19.8 Å². The van der Waals surface area contributed by atoms with Crippen LogP contribution in [0.1, 0.15) is 31.7 Å². The zero-order valence-electron chi connectivity index (χ0n) is 11.2. The number of unbranched alkanes of at least 4 members (excludes halogenated alkanes) is 1. The van der Waals surface area contributed by atoms with E-state index >= 15 is 0 Å². The van der Waals surface area contributed by atoms with Crippen molar-refractivity contribution in [2.45, 2.75) is 38.1 Å². The highest BCUT2D eigenvalue weighted by Crippen LogP contribution is 2.29. The van der Waals surface area contributed by atoms with Crippen LogP contribution in [0.2, 0.25) is 0 Å². The van der Waals surface area contributed by atoms with E-state index in [1.165, 1.54) is 12.0 Å². The third-order valence-corrected chi connectivity index (χ3v) is 3.42. The molecule has 0 saturated carbocycles. The minimum Gasteiger partial charge on any atom is -0.491 e. The summed E-state index contributed by atoms with van der Waals surface area (Å²) in [5, 5.41) is 0. The number of benzene rings is 1. The Morgan fingerprint density at radius 3 is 3.00 bits per heavy atom. The molecule has 1 heterocycles. The first-order chi connectivity index (χ1) is 8.73. The number of ether oxygens (including phenoxy) is 2. The molecule has 1 aliphatic rings. The van der Waals surface area contributed by atoms with E-state index in [0.29, 0.717) is 6.61 Å². The van der Waals surface area contributed by atoms with E-state index in [4.69, 9.17) is 15.2 Å². The summed E-state index contributed by atoms with van der Waals surface area (Å²) in [6.45, 7) is 4.31. The van der Waals surface area contributed by atoms with Crippen LogP contribution in [-0.4, -0.2) is 25.4 Å². The first-order valence-corrected chi connectivity index (χ1v) is 6.81. The zero-order chi connectivity index (χ0) is 12.8. The van der Waals surface area contributed by atoms with Gasteiger partial charge in [0.25, 0.3) is 0 Å². The lowest BCUT2D eigenvalue weighted by atomic mass is 9.87. The smallest absolute Gasteiger partial charge is 0.122 e. The fraction of sp³-hybridized carbons (Fsp3) is 0.600. The summed E-state index contributed by atoms with van der Waals surface area (Å²) >= 11 is 0. The average molecular weight is 249 g/mol. The van der Waals surface area contributed by atoms with Gasteiger partial charge in [0.05, 0.1) is 5.54 Å². The maximum Gasteiger partial charge on any atom is 0.122 e. The van der Waals surface area contributed by atoms with Crippen LogP contribution in [0, 0.1) is 0 Å². The SMILES string of the molecule is CCCCOCCC1(N)COc2ccccc2C1. The Kier molecular flexibility index (Phi) is 4.61. The highest BCUT2D eigenvalue weighted by molar-refractivity contribution is 5.36. The summed E-state index contributed by atoms with van der Waals surface area (Å²) in [5.41, 5.74) is 7.31. The Bertz CT molecular complexity index is 381. The van der Waals surface area contributed by atoms with E-state index in [-0.39, 0.29) is 5.54 Å². The second kappa shape index (κ2) is 6.21. The van der Waals surface area contributed by atoms with Gasteiger partial charge < -0.3 is 15.2 Å². The van der Waals surface area contributed by atoms with Crippen molar-refractivity contribution in [1.82, 2.24) is 0 Å². The summed E-state index contributed by atoms with van der Waals surface area (Å²) < 4.78 is 11.3.